The zero-order valence-corrected chi connectivity index (χ0v) is 11.6. The average Bonchev–Trinajstić information content (AvgIpc) is 2.90. The van der Waals surface area contributed by atoms with E-state index in [1.807, 2.05) is 11.3 Å². The zero-order valence-electron chi connectivity index (χ0n) is 10.7. The number of nitrogens with one attached hydrogen (secondary N) is 1. The van der Waals surface area contributed by atoms with Gasteiger partial charge in [-0.05, 0) is 30.2 Å². The van der Waals surface area contributed by atoms with Crippen LogP contribution >= 0.6 is 11.3 Å². The molecule has 2 rings (SSSR count). The maximum absolute atomic E-state index is 6.04. The van der Waals surface area contributed by atoms with Gasteiger partial charge in [-0.3, -0.25) is 0 Å². The lowest BCUT2D eigenvalue weighted by molar-refractivity contribution is 0.179. The maximum Gasteiger partial charge on any atom is 0.0310 e. The van der Waals surface area contributed by atoms with Crippen molar-refractivity contribution in [3.63, 3.8) is 0 Å². The van der Waals surface area contributed by atoms with Crippen LogP contribution in [-0.2, 0) is 6.54 Å². The number of rotatable bonds is 5. The lowest BCUT2D eigenvalue weighted by Crippen LogP contribution is -2.53. The fourth-order valence-corrected chi connectivity index (χ4v) is 3.58. The van der Waals surface area contributed by atoms with Gasteiger partial charge in [0.1, 0.15) is 0 Å². The molecule has 2 nitrogen and oxygen atoms in total. The van der Waals surface area contributed by atoms with Crippen LogP contribution in [0.2, 0.25) is 0 Å². The Kier molecular flexibility index (Phi) is 4.60. The van der Waals surface area contributed by atoms with Crippen molar-refractivity contribution in [2.45, 2.75) is 51.1 Å². The SMILES string of the molecule is CCC1CCCC(CN)(NCc2cccs2)C1. The van der Waals surface area contributed by atoms with Crippen LogP contribution in [0.3, 0.4) is 0 Å². The van der Waals surface area contributed by atoms with E-state index in [-0.39, 0.29) is 5.54 Å². The van der Waals surface area contributed by atoms with E-state index < -0.39 is 0 Å². The molecule has 3 heteroatoms. The van der Waals surface area contributed by atoms with E-state index in [2.05, 4.69) is 29.8 Å². The molecule has 1 heterocycles. The highest BCUT2D eigenvalue weighted by Crippen LogP contribution is 2.34. The van der Waals surface area contributed by atoms with Crippen molar-refractivity contribution in [3.8, 4) is 0 Å². The fraction of sp³-hybridized carbons (Fsp3) is 0.714. The van der Waals surface area contributed by atoms with Crippen molar-refractivity contribution >= 4 is 11.3 Å². The summed E-state index contributed by atoms with van der Waals surface area (Å²) in [6.07, 6.45) is 6.51. The number of nitrogens with two attached hydrogens (primary N) is 1. The van der Waals surface area contributed by atoms with Crippen molar-refractivity contribution in [1.82, 2.24) is 5.32 Å². The molecule has 1 fully saturated rings. The van der Waals surface area contributed by atoms with Gasteiger partial charge in [0.15, 0.2) is 0 Å². The molecule has 0 aromatic carbocycles. The second-order valence-electron chi connectivity index (χ2n) is 5.29. The largest absolute Gasteiger partial charge is 0.329 e. The van der Waals surface area contributed by atoms with E-state index in [1.165, 1.54) is 37.0 Å². The van der Waals surface area contributed by atoms with E-state index >= 15 is 0 Å². The normalized spacial score (nSPS) is 29.4. The maximum atomic E-state index is 6.04. The molecule has 0 saturated heterocycles. The van der Waals surface area contributed by atoms with Gasteiger partial charge in [-0.2, -0.15) is 0 Å². The molecule has 2 atom stereocenters. The first-order valence-electron chi connectivity index (χ1n) is 6.75. The number of thiophene rings is 1. The predicted octanol–water partition coefficient (Wildman–Crippen LogP) is 3.14. The van der Waals surface area contributed by atoms with Gasteiger partial charge >= 0.3 is 0 Å². The van der Waals surface area contributed by atoms with Crippen LogP contribution in [0.5, 0.6) is 0 Å². The molecule has 17 heavy (non-hydrogen) atoms. The minimum absolute atomic E-state index is 0.197. The third-order valence-corrected chi connectivity index (χ3v) is 5.01. The molecule has 1 aliphatic carbocycles. The molecule has 3 N–H and O–H groups in total. The topological polar surface area (TPSA) is 38.0 Å². The molecule has 1 aromatic heterocycles. The quantitative estimate of drug-likeness (QED) is 0.845. The summed E-state index contributed by atoms with van der Waals surface area (Å²) in [5, 5.41) is 5.88. The van der Waals surface area contributed by atoms with Gasteiger partial charge in [0.25, 0.3) is 0 Å². The second-order valence-corrected chi connectivity index (χ2v) is 6.32. The Morgan fingerprint density at radius 2 is 2.47 bits per heavy atom. The van der Waals surface area contributed by atoms with Crippen LogP contribution < -0.4 is 11.1 Å². The van der Waals surface area contributed by atoms with Crippen LogP contribution in [0.4, 0.5) is 0 Å². The van der Waals surface area contributed by atoms with Crippen molar-refractivity contribution in [1.29, 1.82) is 0 Å². The summed E-state index contributed by atoms with van der Waals surface area (Å²) in [6, 6.07) is 4.31. The summed E-state index contributed by atoms with van der Waals surface area (Å²) in [6.45, 7) is 4.05. The van der Waals surface area contributed by atoms with E-state index in [9.17, 15) is 0 Å². The molecule has 1 aliphatic rings. The summed E-state index contributed by atoms with van der Waals surface area (Å²) in [5.74, 6) is 0.864. The van der Waals surface area contributed by atoms with E-state index in [1.54, 1.807) is 0 Å². The van der Waals surface area contributed by atoms with Crippen LogP contribution in [0.1, 0.15) is 43.9 Å². The Morgan fingerprint density at radius 3 is 3.12 bits per heavy atom. The van der Waals surface area contributed by atoms with Gasteiger partial charge in [-0.15, -0.1) is 11.3 Å². The minimum Gasteiger partial charge on any atom is -0.329 e. The molecule has 1 aromatic rings. The summed E-state index contributed by atoms with van der Waals surface area (Å²) < 4.78 is 0. The van der Waals surface area contributed by atoms with Gasteiger partial charge in [-0.25, -0.2) is 0 Å². The lowest BCUT2D eigenvalue weighted by atomic mass is 9.74. The van der Waals surface area contributed by atoms with Crippen LogP contribution in [0.25, 0.3) is 0 Å². The highest BCUT2D eigenvalue weighted by Gasteiger charge is 2.33. The first kappa shape index (κ1) is 13.1. The van der Waals surface area contributed by atoms with E-state index in [4.69, 9.17) is 5.73 Å². The Balaban J connectivity index is 1.94. The molecule has 0 amide bonds. The number of hydrogen-bond donors (Lipinski definition) is 2. The van der Waals surface area contributed by atoms with Crippen LogP contribution in [0.15, 0.2) is 17.5 Å². The standard InChI is InChI=1S/C14H24N2S/c1-2-12-5-3-7-14(9-12,11-15)16-10-13-6-4-8-17-13/h4,6,8,12,16H,2-3,5,7,9-11,15H2,1H3. The summed E-state index contributed by atoms with van der Waals surface area (Å²) in [4.78, 5) is 1.41. The molecule has 0 spiro atoms. The van der Waals surface area contributed by atoms with Gasteiger partial charge in [-0.1, -0.05) is 32.3 Å². The first-order valence-corrected chi connectivity index (χ1v) is 7.63. The highest BCUT2D eigenvalue weighted by atomic mass is 32.1. The van der Waals surface area contributed by atoms with Crippen molar-refractivity contribution in [2.24, 2.45) is 11.7 Å². The number of hydrogen-bond acceptors (Lipinski definition) is 3. The Labute approximate surface area is 109 Å². The third kappa shape index (κ3) is 3.30. The van der Waals surface area contributed by atoms with Gasteiger partial charge in [0, 0.05) is 23.5 Å². The molecule has 1 saturated carbocycles. The minimum atomic E-state index is 0.197. The molecule has 0 radical (unpaired) electrons. The third-order valence-electron chi connectivity index (χ3n) is 4.13. The zero-order chi connectivity index (χ0) is 12.1. The Morgan fingerprint density at radius 1 is 1.59 bits per heavy atom. The lowest BCUT2D eigenvalue weighted by Gasteiger charge is -2.41. The van der Waals surface area contributed by atoms with Crippen LogP contribution in [-0.4, -0.2) is 12.1 Å². The molecule has 2 unspecified atom stereocenters. The van der Waals surface area contributed by atoms with Crippen molar-refractivity contribution in [2.75, 3.05) is 6.54 Å². The average molecular weight is 252 g/mol. The van der Waals surface area contributed by atoms with E-state index in [0.29, 0.717) is 0 Å². The first-order chi connectivity index (χ1) is 8.28. The van der Waals surface area contributed by atoms with Gasteiger partial charge in [0.05, 0.1) is 0 Å². The summed E-state index contributed by atoms with van der Waals surface area (Å²) >= 11 is 1.82. The fourth-order valence-electron chi connectivity index (χ4n) is 2.94. The van der Waals surface area contributed by atoms with Gasteiger partial charge in [0.2, 0.25) is 0 Å². The molecule has 0 bridgehead atoms. The molecule has 0 aliphatic heterocycles. The van der Waals surface area contributed by atoms with Gasteiger partial charge < -0.3 is 11.1 Å². The highest BCUT2D eigenvalue weighted by molar-refractivity contribution is 7.09. The monoisotopic (exact) mass is 252 g/mol. The summed E-state index contributed by atoms with van der Waals surface area (Å²) in [5.41, 5.74) is 6.23. The predicted molar refractivity (Wildman–Crippen MR) is 75.2 cm³/mol. The van der Waals surface area contributed by atoms with Crippen molar-refractivity contribution in [3.05, 3.63) is 22.4 Å². The van der Waals surface area contributed by atoms with Crippen LogP contribution in [0, 0.1) is 5.92 Å². The Hall–Kier alpha value is -0.380. The molecular weight excluding hydrogens is 228 g/mol. The Bertz CT molecular complexity index is 323. The summed E-state index contributed by atoms with van der Waals surface area (Å²) in [7, 11) is 0. The molecule has 96 valence electrons. The van der Waals surface area contributed by atoms with E-state index in [0.717, 1.165) is 19.0 Å². The molecular formula is C14H24N2S. The van der Waals surface area contributed by atoms with Crippen molar-refractivity contribution < 1.29 is 0 Å². The second kappa shape index (κ2) is 5.98. The smallest absolute Gasteiger partial charge is 0.0310 e.